The normalized spacial score (nSPS) is 17.0. The molecule has 0 radical (unpaired) electrons. The molecule has 1 aromatic heterocycles. The van der Waals surface area contributed by atoms with Gasteiger partial charge in [0.05, 0.1) is 29.0 Å². The minimum atomic E-state index is -0.539. The van der Waals surface area contributed by atoms with Crippen molar-refractivity contribution in [1.82, 2.24) is 15.3 Å². The van der Waals surface area contributed by atoms with Crippen LogP contribution in [0.2, 0.25) is 0 Å². The summed E-state index contributed by atoms with van der Waals surface area (Å²) in [6.45, 7) is 0. The van der Waals surface area contributed by atoms with E-state index in [4.69, 9.17) is 0 Å². The van der Waals surface area contributed by atoms with Crippen molar-refractivity contribution >= 4 is 16.9 Å². The summed E-state index contributed by atoms with van der Waals surface area (Å²) >= 11 is 0. The number of halogens is 1. The summed E-state index contributed by atoms with van der Waals surface area (Å²) < 4.78 is 14.2. The van der Waals surface area contributed by atoms with Crippen molar-refractivity contribution in [3.8, 4) is 0 Å². The second-order valence-electron chi connectivity index (χ2n) is 5.87. The highest BCUT2D eigenvalue weighted by molar-refractivity contribution is 5.97. The fourth-order valence-corrected chi connectivity index (χ4v) is 3.27. The molecule has 2 aromatic carbocycles. The van der Waals surface area contributed by atoms with E-state index in [1.54, 1.807) is 0 Å². The number of aromatic nitrogens is 2. The lowest BCUT2D eigenvalue weighted by atomic mass is 9.87. The average molecular weight is 309 g/mol. The zero-order valence-corrected chi connectivity index (χ0v) is 12.5. The molecule has 23 heavy (non-hydrogen) atoms. The number of rotatable bonds is 2. The number of imidazole rings is 1. The second-order valence-corrected chi connectivity index (χ2v) is 5.87. The standard InChI is InChI=1S/C18H16FN3O/c19-14-9-17-16(20-10-21-17)8-13(14)18(23)22-15-7-3-5-11-4-1-2-6-12(11)15/h1-2,4,6,8-10,15H,3,5,7H2,(H,20,21)(H,22,23)/t15-/m1/s1. The van der Waals surface area contributed by atoms with Crippen LogP contribution in [0, 0.1) is 5.82 Å². The minimum Gasteiger partial charge on any atom is -0.345 e. The Morgan fingerprint density at radius 1 is 1.30 bits per heavy atom. The van der Waals surface area contributed by atoms with E-state index >= 15 is 0 Å². The highest BCUT2D eigenvalue weighted by atomic mass is 19.1. The summed E-state index contributed by atoms with van der Waals surface area (Å²) in [6.07, 6.45) is 4.40. The predicted molar refractivity (Wildman–Crippen MR) is 85.6 cm³/mol. The van der Waals surface area contributed by atoms with Gasteiger partial charge < -0.3 is 10.3 Å². The predicted octanol–water partition coefficient (Wildman–Crippen LogP) is 3.51. The van der Waals surface area contributed by atoms with Gasteiger partial charge in [-0.2, -0.15) is 0 Å². The first-order valence-corrected chi connectivity index (χ1v) is 7.73. The first kappa shape index (κ1) is 13.9. The molecule has 2 N–H and O–H groups in total. The molecule has 3 aromatic rings. The molecular formula is C18H16FN3O. The lowest BCUT2D eigenvalue weighted by Gasteiger charge is -2.26. The quantitative estimate of drug-likeness (QED) is 0.761. The van der Waals surface area contributed by atoms with Crippen LogP contribution in [0.3, 0.4) is 0 Å². The molecule has 4 rings (SSSR count). The van der Waals surface area contributed by atoms with Crippen LogP contribution in [0.4, 0.5) is 4.39 Å². The summed E-state index contributed by atoms with van der Waals surface area (Å²) in [6, 6.07) is 10.8. The van der Waals surface area contributed by atoms with Gasteiger partial charge in [0.25, 0.3) is 5.91 Å². The summed E-state index contributed by atoms with van der Waals surface area (Å²) in [5, 5.41) is 2.97. The molecule has 1 atom stereocenters. The van der Waals surface area contributed by atoms with Gasteiger partial charge in [0.15, 0.2) is 0 Å². The maximum atomic E-state index is 14.2. The van der Waals surface area contributed by atoms with E-state index in [1.807, 2.05) is 18.2 Å². The largest absolute Gasteiger partial charge is 0.345 e. The Labute approximate surface area is 132 Å². The third-order valence-electron chi connectivity index (χ3n) is 4.43. The highest BCUT2D eigenvalue weighted by Gasteiger charge is 2.23. The van der Waals surface area contributed by atoms with Gasteiger partial charge in [0, 0.05) is 6.07 Å². The number of aryl methyl sites for hydroxylation is 1. The average Bonchev–Trinajstić information content (AvgIpc) is 3.01. The Kier molecular flexibility index (Phi) is 3.33. The van der Waals surface area contributed by atoms with E-state index in [0.717, 1.165) is 24.8 Å². The molecule has 5 heteroatoms. The molecule has 0 saturated carbocycles. The molecular weight excluding hydrogens is 293 g/mol. The van der Waals surface area contributed by atoms with Crippen LogP contribution in [0.1, 0.15) is 40.4 Å². The van der Waals surface area contributed by atoms with E-state index in [9.17, 15) is 9.18 Å². The Morgan fingerprint density at radius 3 is 3.09 bits per heavy atom. The second kappa shape index (κ2) is 5.50. The minimum absolute atomic E-state index is 0.0349. The number of amides is 1. The van der Waals surface area contributed by atoms with E-state index in [1.165, 1.54) is 24.0 Å². The van der Waals surface area contributed by atoms with Gasteiger partial charge in [-0.1, -0.05) is 24.3 Å². The molecule has 0 spiro atoms. The van der Waals surface area contributed by atoms with Crippen molar-refractivity contribution in [2.24, 2.45) is 0 Å². The Hall–Kier alpha value is -2.69. The van der Waals surface area contributed by atoms with Gasteiger partial charge in [0.1, 0.15) is 5.82 Å². The SMILES string of the molecule is O=C(N[C@@H]1CCCc2ccccc21)c1cc2nc[nH]c2cc1F. The lowest BCUT2D eigenvalue weighted by molar-refractivity contribution is 0.0929. The Bertz CT molecular complexity index is 887. The monoisotopic (exact) mass is 309 g/mol. The van der Waals surface area contributed by atoms with Crippen LogP contribution in [0.15, 0.2) is 42.7 Å². The summed E-state index contributed by atoms with van der Waals surface area (Å²) in [7, 11) is 0. The highest BCUT2D eigenvalue weighted by Crippen LogP contribution is 2.30. The molecule has 1 amide bonds. The van der Waals surface area contributed by atoms with Crippen LogP contribution in [-0.2, 0) is 6.42 Å². The van der Waals surface area contributed by atoms with Gasteiger partial charge in [-0.15, -0.1) is 0 Å². The molecule has 1 aliphatic carbocycles. The fraction of sp³-hybridized carbons (Fsp3) is 0.222. The van der Waals surface area contributed by atoms with Crippen molar-refractivity contribution in [2.45, 2.75) is 25.3 Å². The van der Waals surface area contributed by atoms with Gasteiger partial charge in [-0.05, 0) is 36.5 Å². The summed E-state index contributed by atoms with van der Waals surface area (Å²) in [4.78, 5) is 19.4. The van der Waals surface area contributed by atoms with E-state index in [0.29, 0.717) is 11.0 Å². The maximum absolute atomic E-state index is 14.2. The maximum Gasteiger partial charge on any atom is 0.254 e. The van der Waals surface area contributed by atoms with Crippen molar-refractivity contribution in [2.75, 3.05) is 0 Å². The lowest BCUT2D eigenvalue weighted by Crippen LogP contribution is -2.31. The van der Waals surface area contributed by atoms with Gasteiger partial charge >= 0.3 is 0 Å². The van der Waals surface area contributed by atoms with E-state index < -0.39 is 11.7 Å². The molecule has 0 bridgehead atoms. The van der Waals surface area contributed by atoms with Crippen molar-refractivity contribution in [3.05, 3.63) is 65.2 Å². The zero-order valence-electron chi connectivity index (χ0n) is 12.5. The molecule has 4 nitrogen and oxygen atoms in total. The Morgan fingerprint density at radius 2 is 2.17 bits per heavy atom. The summed E-state index contributed by atoms with van der Waals surface area (Å²) in [5.74, 6) is -0.933. The third-order valence-corrected chi connectivity index (χ3v) is 4.43. The molecule has 0 fully saturated rings. The van der Waals surface area contributed by atoms with Crippen LogP contribution >= 0.6 is 0 Å². The van der Waals surface area contributed by atoms with Crippen molar-refractivity contribution in [3.63, 3.8) is 0 Å². The number of aromatic amines is 1. The van der Waals surface area contributed by atoms with Crippen LogP contribution in [-0.4, -0.2) is 15.9 Å². The van der Waals surface area contributed by atoms with E-state index in [-0.39, 0.29) is 11.6 Å². The Balaban J connectivity index is 1.64. The fourth-order valence-electron chi connectivity index (χ4n) is 3.27. The third kappa shape index (κ3) is 2.48. The number of benzene rings is 2. The number of fused-ring (bicyclic) bond motifs is 2. The number of nitrogens with one attached hydrogen (secondary N) is 2. The molecule has 0 saturated heterocycles. The van der Waals surface area contributed by atoms with Gasteiger partial charge in [-0.25, -0.2) is 9.37 Å². The molecule has 1 heterocycles. The molecule has 1 aliphatic rings. The number of carbonyl (C=O) groups is 1. The number of nitrogens with zero attached hydrogens (tertiary/aromatic N) is 1. The first-order chi connectivity index (χ1) is 11.2. The molecule has 116 valence electrons. The molecule has 0 aliphatic heterocycles. The smallest absolute Gasteiger partial charge is 0.254 e. The number of hydrogen-bond acceptors (Lipinski definition) is 2. The van der Waals surface area contributed by atoms with Crippen LogP contribution in [0.5, 0.6) is 0 Å². The van der Waals surface area contributed by atoms with Gasteiger partial charge in [-0.3, -0.25) is 4.79 Å². The van der Waals surface area contributed by atoms with Crippen molar-refractivity contribution < 1.29 is 9.18 Å². The first-order valence-electron chi connectivity index (χ1n) is 7.73. The number of carbonyl (C=O) groups excluding carboxylic acids is 1. The topological polar surface area (TPSA) is 57.8 Å². The summed E-state index contributed by atoms with van der Waals surface area (Å²) in [5.41, 5.74) is 3.59. The molecule has 0 unspecified atom stereocenters. The zero-order chi connectivity index (χ0) is 15.8. The van der Waals surface area contributed by atoms with E-state index in [2.05, 4.69) is 21.4 Å². The number of H-pyrrole nitrogens is 1. The van der Waals surface area contributed by atoms with Gasteiger partial charge in [0.2, 0.25) is 0 Å². The van der Waals surface area contributed by atoms with Crippen LogP contribution in [0.25, 0.3) is 11.0 Å². The van der Waals surface area contributed by atoms with Crippen molar-refractivity contribution in [1.29, 1.82) is 0 Å². The van der Waals surface area contributed by atoms with Crippen LogP contribution < -0.4 is 5.32 Å². The number of hydrogen-bond donors (Lipinski definition) is 2.